The van der Waals surface area contributed by atoms with Crippen molar-refractivity contribution in [3.8, 4) is 0 Å². The van der Waals surface area contributed by atoms with Gasteiger partial charge in [0.25, 0.3) is 0 Å². The maximum atomic E-state index is 13.0. The molecule has 2 aromatic rings. The number of aryl methyl sites for hydroxylation is 1. The van der Waals surface area contributed by atoms with Gasteiger partial charge in [-0.05, 0) is 40.2 Å². The number of nitrogens with zero attached hydrogens (tertiary/aromatic N) is 3. The van der Waals surface area contributed by atoms with E-state index >= 15 is 0 Å². The highest BCUT2D eigenvalue weighted by Gasteiger charge is 2.41. The summed E-state index contributed by atoms with van der Waals surface area (Å²) >= 11 is 4.34. The Morgan fingerprint density at radius 1 is 1.50 bits per heavy atom. The van der Waals surface area contributed by atoms with Gasteiger partial charge in [0.2, 0.25) is 0 Å². The number of aromatic nitrogens is 2. The molecule has 1 aliphatic carbocycles. The van der Waals surface area contributed by atoms with Crippen LogP contribution in [0.15, 0.2) is 27.1 Å². The summed E-state index contributed by atoms with van der Waals surface area (Å²) in [6.45, 7) is -0.0340. The van der Waals surface area contributed by atoms with E-state index in [0.717, 1.165) is 12.8 Å². The predicted molar refractivity (Wildman–Crippen MR) is 92.7 cm³/mol. The molecule has 2 aromatic heterocycles. The van der Waals surface area contributed by atoms with Crippen molar-refractivity contribution in [2.75, 3.05) is 0 Å². The Balaban J connectivity index is 1.66. The molecule has 0 bridgehead atoms. The molecule has 2 heterocycles. The number of amidine groups is 1. The minimum absolute atomic E-state index is 0.0245. The minimum Gasteiger partial charge on any atom is -0.380 e. The minimum atomic E-state index is -4.56. The van der Waals surface area contributed by atoms with Crippen LogP contribution in [-0.2, 0) is 22.4 Å². The van der Waals surface area contributed by atoms with Crippen LogP contribution in [-0.4, -0.2) is 21.6 Å². The van der Waals surface area contributed by atoms with Crippen LogP contribution in [0.5, 0.6) is 0 Å². The Bertz CT molecular complexity index is 829. The summed E-state index contributed by atoms with van der Waals surface area (Å²) < 4.78 is 40.3. The molecule has 0 spiro atoms. The van der Waals surface area contributed by atoms with Gasteiger partial charge >= 0.3 is 12.1 Å². The van der Waals surface area contributed by atoms with Gasteiger partial charge in [0.05, 0.1) is 28.0 Å². The molecule has 0 atom stereocenters. The smallest absolute Gasteiger partial charge is 0.380 e. The molecule has 0 amide bonds. The van der Waals surface area contributed by atoms with Crippen molar-refractivity contribution >= 4 is 39.1 Å². The molecule has 6 nitrogen and oxygen atoms in total. The van der Waals surface area contributed by atoms with Crippen molar-refractivity contribution in [2.45, 2.75) is 37.9 Å². The molecule has 0 unspecified atom stereocenters. The van der Waals surface area contributed by atoms with Crippen molar-refractivity contribution in [3.63, 3.8) is 0 Å². The fourth-order valence-electron chi connectivity index (χ4n) is 2.36. The zero-order chi connectivity index (χ0) is 18.9. The van der Waals surface area contributed by atoms with E-state index in [9.17, 15) is 18.0 Å². The van der Waals surface area contributed by atoms with Gasteiger partial charge in [-0.3, -0.25) is 4.68 Å². The van der Waals surface area contributed by atoms with Crippen LogP contribution in [0.1, 0.15) is 41.4 Å². The highest BCUT2D eigenvalue weighted by Crippen LogP contribution is 2.47. The van der Waals surface area contributed by atoms with Gasteiger partial charge in [-0.25, -0.2) is 4.79 Å². The van der Waals surface area contributed by atoms with Crippen molar-refractivity contribution in [3.05, 3.63) is 38.3 Å². The van der Waals surface area contributed by atoms with E-state index in [1.165, 1.54) is 16.0 Å². The van der Waals surface area contributed by atoms with Crippen LogP contribution in [0.4, 0.5) is 13.2 Å². The fraction of sp³-hybridized carbons (Fsp3) is 0.400. The first-order valence-electron chi connectivity index (χ1n) is 7.68. The monoisotopic (exact) mass is 450 g/mol. The van der Waals surface area contributed by atoms with E-state index in [4.69, 9.17) is 10.6 Å². The van der Waals surface area contributed by atoms with Gasteiger partial charge in [0.1, 0.15) is 0 Å². The highest BCUT2D eigenvalue weighted by atomic mass is 79.9. The lowest BCUT2D eigenvalue weighted by molar-refractivity contribution is -0.144. The Morgan fingerprint density at radius 3 is 2.81 bits per heavy atom. The third-order valence-electron chi connectivity index (χ3n) is 3.71. The predicted octanol–water partition coefficient (Wildman–Crippen LogP) is 3.86. The fourth-order valence-corrected chi connectivity index (χ4v) is 3.82. The van der Waals surface area contributed by atoms with Crippen molar-refractivity contribution in [1.29, 1.82) is 0 Å². The second-order valence-corrected chi connectivity index (χ2v) is 7.45. The summed E-state index contributed by atoms with van der Waals surface area (Å²) in [4.78, 5) is 17.2. The Hall–Kier alpha value is -1.88. The molecule has 0 aromatic carbocycles. The Morgan fingerprint density at radius 2 is 2.23 bits per heavy atom. The molecule has 3 rings (SSSR count). The van der Waals surface area contributed by atoms with Crippen LogP contribution in [0, 0.1) is 0 Å². The number of alkyl halides is 3. The largest absolute Gasteiger partial charge is 0.436 e. The van der Waals surface area contributed by atoms with Crippen molar-refractivity contribution in [1.82, 2.24) is 9.78 Å². The number of halogens is 4. The second-order valence-electron chi connectivity index (χ2n) is 5.71. The number of nitrogens with two attached hydrogens (primary N) is 1. The zero-order valence-corrected chi connectivity index (χ0v) is 15.7. The summed E-state index contributed by atoms with van der Waals surface area (Å²) in [5.41, 5.74) is 5.16. The van der Waals surface area contributed by atoms with Gasteiger partial charge in [-0.2, -0.15) is 18.3 Å². The molecule has 1 fully saturated rings. The summed E-state index contributed by atoms with van der Waals surface area (Å²) in [5, 5.41) is 8.97. The third kappa shape index (κ3) is 4.26. The van der Waals surface area contributed by atoms with Crippen LogP contribution >= 0.6 is 27.3 Å². The molecule has 0 aliphatic heterocycles. The topological polar surface area (TPSA) is 82.5 Å². The number of hydrogen-bond donors (Lipinski definition) is 1. The lowest BCUT2D eigenvalue weighted by atomic mass is 10.2. The van der Waals surface area contributed by atoms with E-state index in [1.807, 2.05) is 0 Å². The number of rotatable bonds is 6. The van der Waals surface area contributed by atoms with Crippen molar-refractivity contribution in [2.24, 2.45) is 10.9 Å². The number of carbonyl (C=O) groups excluding carboxylic acids is 1. The molecule has 2 N–H and O–H groups in total. The molecule has 140 valence electrons. The van der Waals surface area contributed by atoms with E-state index in [-0.39, 0.29) is 29.2 Å². The number of carbonyl (C=O) groups is 1. The molecule has 0 saturated heterocycles. The third-order valence-corrected chi connectivity index (χ3v) is 5.39. The molecule has 1 aliphatic rings. The number of oxime groups is 1. The second kappa shape index (κ2) is 7.39. The van der Waals surface area contributed by atoms with E-state index in [2.05, 4.69) is 26.2 Å². The summed E-state index contributed by atoms with van der Waals surface area (Å²) in [6, 6.07) is 3.50. The molecular weight excluding hydrogens is 437 g/mol. The number of thiophene rings is 1. The lowest BCUT2D eigenvalue weighted by Gasteiger charge is -2.06. The quantitative estimate of drug-likeness (QED) is 0.313. The molecule has 26 heavy (non-hydrogen) atoms. The first kappa shape index (κ1) is 18.9. The van der Waals surface area contributed by atoms with Gasteiger partial charge in [-0.15, -0.1) is 11.3 Å². The Kier molecular flexibility index (Phi) is 5.37. The summed E-state index contributed by atoms with van der Waals surface area (Å²) in [7, 11) is 0. The van der Waals surface area contributed by atoms with Crippen LogP contribution in [0.25, 0.3) is 0 Å². The molecule has 0 radical (unpaired) electrons. The number of hydrogen-bond acceptors (Lipinski definition) is 5. The first-order valence-corrected chi connectivity index (χ1v) is 9.35. The zero-order valence-electron chi connectivity index (χ0n) is 13.3. The van der Waals surface area contributed by atoms with Gasteiger partial charge in [-0.1, -0.05) is 11.2 Å². The van der Waals surface area contributed by atoms with Crippen LogP contribution in [0.3, 0.4) is 0 Å². The van der Waals surface area contributed by atoms with E-state index < -0.39 is 17.8 Å². The Labute approximate surface area is 158 Å². The standard InChI is InChI=1S/C15H14BrF3N4O2S/c16-11-12(8-3-4-8)23(21-13(11)15(17,18)19)6-5-10(24)25-22-14(20)9-2-1-7-26-9/h1-2,7-8H,3-6H2,(H2,20,22). The molecule has 11 heteroatoms. The van der Waals surface area contributed by atoms with Crippen molar-refractivity contribution < 1.29 is 22.8 Å². The van der Waals surface area contributed by atoms with Gasteiger partial charge in [0.15, 0.2) is 11.5 Å². The molecule has 1 saturated carbocycles. The van der Waals surface area contributed by atoms with E-state index in [0.29, 0.717) is 10.6 Å². The normalized spacial score (nSPS) is 15.3. The molecular formula is C15H14BrF3N4O2S. The maximum absolute atomic E-state index is 13.0. The SMILES string of the molecule is N/C(=N\OC(=O)CCn1nc(C(F)(F)F)c(Br)c1C1CC1)c1cccs1. The van der Waals surface area contributed by atoms with Gasteiger partial charge in [0, 0.05) is 5.92 Å². The van der Waals surface area contributed by atoms with Crippen LogP contribution < -0.4 is 5.73 Å². The average molecular weight is 451 g/mol. The van der Waals surface area contributed by atoms with Crippen LogP contribution in [0.2, 0.25) is 0 Å². The summed E-state index contributed by atoms with van der Waals surface area (Å²) in [6.07, 6.45) is -3.14. The van der Waals surface area contributed by atoms with Gasteiger partial charge < -0.3 is 10.6 Å². The summed E-state index contributed by atoms with van der Waals surface area (Å²) in [5.74, 6) is -0.615. The lowest BCUT2D eigenvalue weighted by Crippen LogP contribution is -2.15. The maximum Gasteiger partial charge on any atom is 0.436 e. The highest BCUT2D eigenvalue weighted by molar-refractivity contribution is 9.10. The first-order chi connectivity index (χ1) is 12.3. The average Bonchev–Trinajstić information content (AvgIpc) is 3.12. The van der Waals surface area contributed by atoms with E-state index in [1.54, 1.807) is 17.5 Å².